The van der Waals surface area contributed by atoms with Crippen LogP contribution in [0.4, 0.5) is 5.69 Å². The molecular weight excluding hydrogens is 268 g/mol. The first-order chi connectivity index (χ1) is 10.1. The number of nitro benzene ring substituents is 1. The lowest BCUT2D eigenvalue weighted by Gasteiger charge is -2.00. The van der Waals surface area contributed by atoms with Gasteiger partial charge in [0.15, 0.2) is 0 Å². The van der Waals surface area contributed by atoms with Gasteiger partial charge in [-0.1, -0.05) is 35.0 Å². The van der Waals surface area contributed by atoms with E-state index in [1.54, 1.807) is 29.1 Å². The van der Waals surface area contributed by atoms with E-state index in [4.69, 9.17) is 0 Å². The molecule has 0 atom stereocenters. The second kappa shape index (κ2) is 5.16. The summed E-state index contributed by atoms with van der Waals surface area (Å²) < 4.78 is 1.60. The summed E-state index contributed by atoms with van der Waals surface area (Å²) in [6.07, 6.45) is 1.69. The molecule has 3 rings (SSSR count). The smallest absolute Gasteiger partial charge is 0.258 e. The lowest BCUT2D eigenvalue weighted by atomic mass is 10.1. The monoisotopic (exact) mass is 280 g/mol. The molecule has 0 radical (unpaired) electrons. The van der Waals surface area contributed by atoms with E-state index in [-0.39, 0.29) is 5.69 Å². The van der Waals surface area contributed by atoms with Crippen molar-refractivity contribution in [2.45, 2.75) is 6.92 Å². The Balaban J connectivity index is 2.03. The van der Waals surface area contributed by atoms with Gasteiger partial charge in [-0.3, -0.25) is 10.1 Å². The highest BCUT2D eigenvalue weighted by Gasteiger charge is 2.17. The molecule has 0 saturated heterocycles. The number of hydrogen-bond donors (Lipinski definition) is 0. The van der Waals surface area contributed by atoms with Crippen molar-refractivity contribution < 1.29 is 4.92 Å². The lowest BCUT2D eigenvalue weighted by Crippen LogP contribution is -1.94. The number of para-hydroxylation sites is 1. The third-order valence-corrected chi connectivity index (χ3v) is 3.17. The molecule has 0 aliphatic heterocycles. The van der Waals surface area contributed by atoms with Gasteiger partial charge in [0.2, 0.25) is 0 Å². The Morgan fingerprint density at radius 3 is 2.52 bits per heavy atom. The lowest BCUT2D eigenvalue weighted by molar-refractivity contribution is -0.384. The maximum absolute atomic E-state index is 11.1. The number of hydrogen-bond acceptors (Lipinski definition) is 4. The third-order valence-electron chi connectivity index (χ3n) is 3.17. The molecule has 1 heterocycles. The molecule has 0 spiro atoms. The van der Waals surface area contributed by atoms with E-state index >= 15 is 0 Å². The summed E-state index contributed by atoms with van der Waals surface area (Å²) in [4.78, 5) is 10.6. The minimum absolute atomic E-state index is 0.0217. The normalized spacial score (nSPS) is 10.5. The molecule has 0 aliphatic carbocycles. The Bertz CT molecular complexity index is 793. The van der Waals surface area contributed by atoms with Gasteiger partial charge in [-0.15, -0.1) is 5.10 Å². The van der Waals surface area contributed by atoms with Crippen LogP contribution in [0, 0.1) is 17.0 Å². The van der Waals surface area contributed by atoms with Crippen molar-refractivity contribution in [1.82, 2.24) is 15.0 Å². The van der Waals surface area contributed by atoms with Gasteiger partial charge in [0.05, 0.1) is 22.4 Å². The van der Waals surface area contributed by atoms with E-state index in [1.807, 2.05) is 31.2 Å². The Kier molecular flexibility index (Phi) is 3.19. The molecule has 21 heavy (non-hydrogen) atoms. The SMILES string of the molecule is Cc1ccc(-n2cc(-c3ccccc3[N+](=O)[O-])nn2)cc1. The van der Waals surface area contributed by atoms with Crippen LogP contribution >= 0.6 is 0 Å². The summed E-state index contributed by atoms with van der Waals surface area (Å²) in [5.41, 5.74) is 2.97. The van der Waals surface area contributed by atoms with E-state index in [1.165, 1.54) is 6.07 Å². The van der Waals surface area contributed by atoms with Gasteiger partial charge in [0.25, 0.3) is 5.69 Å². The predicted molar refractivity (Wildman–Crippen MR) is 78.2 cm³/mol. The van der Waals surface area contributed by atoms with E-state index in [9.17, 15) is 10.1 Å². The van der Waals surface area contributed by atoms with Crippen molar-refractivity contribution in [2.75, 3.05) is 0 Å². The first-order valence-corrected chi connectivity index (χ1v) is 6.38. The van der Waals surface area contributed by atoms with Crippen LogP contribution in [0.3, 0.4) is 0 Å². The summed E-state index contributed by atoms with van der Waals surface area (Å²) in [5.74, 6) is 0. The second-order valence-corrected chi connectivity index (χ2v) is 4.66. The van der Waals surface area contributed by atoms with Crippen LogP contribution in [-0.2, 0) is 0 Å². The first-order valence-electron chi connectivity index (χ1n) is 6.38. The van der Waals surface area contributed by atoms with Crippen molar-refractivity contribution in [2.24, 2.45) is 0 Å². The molecular formula is C15H12N4O2. The van der Waals surface area contributed by atoms with Crippen LogP contribution in [0.2, 0.25) is 0 Å². The summed E-state index contributed by atoms with van der Waals surface area (Å²) in [7, 11) is 0. The topological polar surface area (TPSA) is 73.8 Å². The highest BCUT2D eigenvalue weighted by Crippen LogP contribution is 2.27. The molecule has 1 aromatic heterocycles. The predicted octanol–water partition coefficient (Wildman–Crippen LogP) is 3.15. The van der Waals surface area contributed by atoms with Gasteiger partial charge in [-0.2, -0.15) is 0 Å². The van der Waals surface area contributed by atoms with Crippen LogP contribution in [0.5, 0.6) is 0 Å². The van der Waals surface area contributed by atoms with E-state index in [0.29, 0.717) is 11.3 Å². The molecule has 3 aromatic rings. The van der Waals surface area contributed by atoms with Crippen molar-refractivity contribution in [3.63, 3.8) is 0 Å². The Hall–Kier alpha value is -3.02. The maximum Gasteiger partial charge on any atom is 0.278 e. The zero-order chi connectivity index (χ0) is 14.8. The number of benzene rings is 2. The Labute approximate surface area is 120 Å². The summed E-state index contributed by atoms with van der Waals surface area (Å²) >= 11 is 0. The number of nitro groups is 1. The minimum atomic E-state index is -0.416. The molecule has 2 aromatic carbocycles. The zero-order valence-electron chi connectivity index (χ0n) is 11.3. The van der Waals surface area contributed by atoms with Gasteiger partial charge < -0.3 is 0 Å². The molecule has 0 saturated carbocycles. The second-order valence-electron chi connectivity index (χ2n) is 4.66. The first kappa shape index (κ1) is 13.0. The molecule has 6 heteroatoms. The highest BCUT2D eigenvalue weighted by molar-refractivity contribution is 5.69. The molecule has 0 unspecified atom stereocenters. The number of rotatable bonds is 3. The average Bonchev–Trinajstić information content (AvgIpc) is 2.97. The van der Waals surface area contributed by atoms with Crippen LogP contribution < -0.4 is 0 Å². The van der Waals surface area contributed by atoms with Crippen LogP contribution in [0.1, 0.15) is 5.56 Å². The summed E-state index contributed by atoms with van der Waals surface area (Å²) in [6, 6.07) is 14.3. The van der Waals surface area contributed by atoms with E-state index in [0.717, 1.165) is 11.3 Å². The average molecular weight is 280 g/mol. The number of aryl methyl sites for hydroxylation is 1. The number of aromatic nitrogens is 3. The van der Waals surface area contributed by atoms with Crippen LogP contribution in [0.25, 0.3) is 16.9 Å². The molecule has 0 amide bonds. The molecule has 6 nitrogen and oxygen atoms in total. The fraction of sp³-hybridized carbons (Fsp3) is 0.0667. The largest absolute Gasteiger partial charge is 0.278 e. The molecule has 0 aliphatic rings. The van der Waals surface area contributed by atoms with Crippen molar-refractivity contribution >= 4 is 5.69 Å². The molecule has 0 fully saturated rings. The highest BCUT2D eigenvalue weighted by atomic mass is 16.6. The van der Waals surface area contributed by atoms with E-state index < -0.39 is 4.92 Å². The summed E-state index contributed by atoms with van der Waals surface area (Å²) in [6.45, 7) is 2.00. The fourth-order valence-corrected chi connectivity index (χ4v) is 2.06. The van der Waals surface area contributed by atoms with Crippen molar-refractivity contribution in [1.29, 1.82) is 0 Å². The summed E-state index contributed by atoms with van der Waals surface area (Å²) in [5, 5.41) is 19.1. The van der Waals surface area contributed by atoms with Gasteiger partial charge in [0, 0.05) is 6.07 Å². The molecule has 0 bridgehead atoms. The van der Waals surface area contributed by atoms with Gasteiger partial charge in [0.1, 0.15) is 5.69 Å². The number of nitrogens with zero attached hydrogens (tertiary/aromatic N) is 4. The van der Waals surface area contributed by atoms with E-state index in [2.05, 4.69) is 10.3 Å². The maximum atomic E-state index is 11.1. The zero-order valence-corrected chi connectivity index (χ0v) is 11.3. The van der Waals surface area contributed by atoms with Crippen molar-refractivity contribution in [3.8, 4) is 16.9 Å². The van der Waals surface area contributed by atoms with Gasteiger partial charge in [-0.25, -0.2) is 4.68 Å². The van der Waals surface area contributed by atoms with Crippen LogP contribution in [-0.4, -0.2) is 19.9 Å². The standard InChI is InChI=1S/C15H12N4O2/c1-11-6-8-12(9-7-11)18-10-14(16-17-18)13-4-2-3-5-15(13)19(20)21/h2-10H,1H3. The molecule has 104 valence electrons. The quantitative estimate of drug-likeness (QED) is 0.545. The van der Waals surface area contributed by atoms with Gasteiger partial charge in [-0.05, 0) is 25.1 Å². The Morgan fingerprint density at radius 2 is 1.81 bits per heavy atom. The third kappa shape index (κ3) is 2.51. The fourth-order valence-electron chi connectivity index (χ4n) is 2.06. The minimum Gasteiger partial charge on any atom is -0.258 e. The van der Waals surface area contributed by atoms with Gasteiger partial charge >= 0.3 is 0 Å². The van der Waals surface area contributed by atoms with Crippen molar-refractivity contribution in [3.05, 3.63) is 70.4 Å². The Morgan fingerprint density at radius 1 is 1.10 bits per heavy atom. The molecule has 0 N–H and O–H groups in total. The van der Waals surface area contributed by atoms with Crippen LogP contribution in [0.15, 0.2) is 54.7 Å².